The van der Waals surface area contributed by atoms with E-state index in [0.29, 0.717) is 12.8 Å². The van der Waals surface area contributed by atoms with E-state index in [2.05, 4.69) is 5.32 Å². The quantitative estimate of drug-likeness (QED) is 0.728. The highest BCUT2D eigenvalue weighted by Crippen LogP contribution is 2.27. The lowest BCUT2D eigenvalue weighted by Gasteiger charge is -2.28. The molecule has 0 aromatic heterocycles. The highest BCUT2D eigenvalue weighted by atomic mass is 32.2. The van der Waals surface area contributed by atoms with Gasteiger partial charge in [-0.15, -0.1) is 0 Å². The predicted octanol–water partition coefficient (Wildman–Crippen LogP) is -0.0487. The summed E-state index contributed by atoms with van der Waals surface area (Å²) >= 11 is 0. The van der Waals surface area contributed by atoms with Crippen molar-refractivity contribution in [3.8, 4) is 0 Å². The van der Waals surface area contributed by atoms with E-state index in [9.17, 15) is 13.2 Å². The fourth-order valence-corrected chi connectivity index (χ4v) is 4.09. The Morgan fingerprint density at radius 3 is 2.24 bits per heavy atom. The van der Waals surface area contributed by atoms with Crippen molar-refractivity contribution >= 4 is 15.7 Å². The van der Waals surface area contributed by atoms with Gasteiger partial charge in [0.05, 0.1) is 17.0 Å². The molecule has 0 radical (unpaired) electrons. The number of hydrogen-bond donors (Lipinski definition) is 2. The molecule has 0 unspecified atom stereocenters. The Balaban J connectivity index is 1.88. The van der Waals surface area contributed by atoms with Gasteiger partial charge in [0.25, 0.3) is 0 Å². The average molecular weight is 260 g/mol. The van der Waals surface area contributed by atoms with Gasteiger partial charge in [0.2, 0.25) is 5.91 Å². The molecule has 1 aliphatic carbocycles. The lowest BCUT2D eigenvalue weighted by Crippen LogP contribution is -2.55. The second-order valence-electron chi connectivity index (χ2n) is 5.26. The molecule has 0 aromatic carbocycles. The normalized spacial score (nSPS) is 27.8. The molecule has 17 heavy (non-hydrogen) atoms. The largest absolute Gasteiger partial charge is 0.352 e. The number of carbonyl (C=O) groups is 1. The highest BCUT2D eigenvalue weighted by Gasteiger charge is 2.38. The van der Waals surface area contributed by atoms with Gasteiger partial charge < -0.3 is 11.1 Å². The number of amides is 1. The number of carbonyl (C=O) groups excluding carboxylic acids is 1. The minimum atomic E-state index is -2.87. The fraction of sp³-hybridized carbons (Fsp3) is 0.909. The van der Waals surface area contributed by atoms with Crippen LogP contribution < -0.4 is 11.1 Å². The minimum Gasteiger partial charge on any atom is -0.352 e. The molecule has 1 saturated heterocycles. The minimum absolute atomic E-state index is 0.0212. The van der Waals surface area contributed by atoms with Gasteiger partial charge in [0.1, 0.15) is 9.84 Å². The highest BCUT2D eigenvalue weighted by molar-refractivity contribution is 7.91. The molecule has 2 aliphatic rings. The summed E-state index contributed by atoms with van der Waals surface area (Å²) < 4.78 is 22.5. The summed E-state index contributed by atoms with van der Waals surface area (Å²) in [4.78, 5) is 12.0. The Hall–Kier alpha value is -0.620. The van der Waals surface area contributed by atoms with Crippen molar-refractivity contribution in [3.63, 3.8) is 0 Å². The Bertz CT molecular complexity index is 385. The Labute approximate surface area is 102 Å². The molecular formula is C11H20N2O3S. The predicted molar refractivity (Wildman–Crippen MR) is 65.2 cm³/mol. The molecule has 5 nitrogen and oxygen atoms in total. The van der Waals surface area contributed by atoms with Gasteiger partial charge >= 0.3 is 0 Å². The van der Waals surface area contributed by atoms with Gasteiger partial charge in [0, 0.05) is 6.04 Å². The van der Waals surface area contributed by atoms with Crippen molar-refractivity contribution in [3.05, 3.63) is 0 Å². The van der Waals surface area contributed by atoms with Crippen LogP contribution in [0.15, 0.2) is 0 Å². The Morgan fingerprint density at radius 2 is 1.71 bits per heavy atom. The first-order valence-electron chi connectivity index (χ1n) is 6.22. The maximum atomic E-state index is 12.0. The van der Waals surface area contributed by atoms with Crippen LogP contribution in [0.5, 0.6) is 0 Å². The van der Waals surface area contributed by atoms with E-state index < -0.39 is 15.4 Å². The second kappa shape index (κ2) is 4.57. The summed E-state index contributed by atoms with van der Waals surface area (Å²) in [6.45, 7) is 0. The first-order valence-corrected chi connectivity index (χ1v) is 8.04. The third kappa shape index (κ3) is 2.98. The lowest BCUT2D eigenvalue weighted by atomic mass is 9.97. The van der Waals surface area contributed by atoms with Crippen molar-refractivity contribution in [1.82, 2.24) is 5.32 Å². The average Bonchev–Trinajstić information content (AvgIpc) is 2.70. The van der Waals surface area contributed by atoms with E-state index in [0.717, 1.165) is 25.7 Å². The molecule has 98 valence electrons. The van der Waals surface area contributed by atoms with Crippen LogP contribution in [-0.2, 0) is 14.6 Å². The van der Waals surface area contributed by atoms with E-state index in [1.165, 1.54) is 0 Å². The SMILES string of the molecule is NC1(C(=O)NC2CCS(=O)(=O)CC2)CCCC1. The van der Waals surface area contributed by atoms with Gasteiger partial charge in [-0.25, -0.2) is 8.42 Å². The molecule has 2 fully saturated rings. The van der Waals surface area contributed by atoms with Gasteiger partial charge in [-0.1, -0.05) is 12.8 Å². The zero-order valence-electron chi connectivity index (χ0n) is 9.94. The van der Waals surface area contributed by atoms with Gasteiger partial charge in [-0.05, 0) is 25.7 Å². The van der Waals surface area contributed by atoms with Crippen LogP contribution in [0, 0.1) is 0 Å². The van der Waals surface area contributed by atoms with Crippen molar-refractivity contribution in [1.29, 1.82) is 0 Å². The van der Waals surface area contributed by atoms with Crippen molar-refractivity contribution in [2.45, 2.75) is 50.1 Å². The second-order valence-corrected chi connectivity index (χ2v) is 7.57. The van der Waals surface area contributed by atoms with E-state index in [1.807, 2.05) is 0 Å². The van der Waals surface area contributed by atoms with E-state index in [-0.39, 0.29) is 23.5 Å². The molecule has 1 saturated carbocycles. The molecule has 1 heterocycles. The molecule has 0 bridgehead atoms. The van der Waals surface area contributed by atoms with Crippen molar-refractivity contribution in [2.24, 2.45) is 5.73 Å². The number of nitrogens with two attached hydrogens (primary N) is 1. The van der Waals surface area contributed by atoms with Crippen LogP contribution in [0.25, 0.3) is 0 Å². The summed E-state index contributed by atoms with van der Waals surface area (Å²) in [5, 5.41) is 2.91. The van der Waals surface area contributed by atoms with Gasteiger partial charge in [-0.2, -0.15) is 0 Å². The summed E-state index contributed by atoms with van der Waals surface area (Å²) in [6, 6.07) is -0.0212. The molecule has 0 atom stereocenters. The Morgan fingerprint density at radius 1 is 1.18 bits per heavy atom. The van der Waals surface area contributed by atoms with E-state index in [4.69, 9.17) is 5.73 Å². The zero-order chi connectivity index (χ0) is 12.5. The molecule has 0 spiro atoms. The van der Waals surface area contributed by atoms with E-state index >= 15 is 0 Å². The summed E-state index contributed by atoms with van der Waals surface area (Å²) in [6.07, 6.45) is 4.52. The van der Waals surface area contributed by atoms with Crippen LogP contribution in [-0.4, -0.2) is 37.4 Å². The van der Waals surface area contributed by atoms with Gasteiger partial charge in [-0.3, -0.25) is 4.79 Å². The molecule has 2 rings (SSSR count). The maximum absolute atomic E-state index is 12.0. The third-order valence-corrected chi connectivity index (χ3v) is 5.55. The van der Waals surface area contributed by atoms with Crippen LogP contribution in [0.3, 0.4) is 0 Å². The molecule has 1 amide bonds. The zero-order valence-corrected chi connectivity index (χ0v) is 10.8. The molecular weight excluding hydrogens is 240 g/mol. The smallest absolute Gasteiger partial charge is 0.240 e. The number of rotatable bonds is 2. The van der Waals surface area contributed by atoms with Crippen LogP contribution in [0.2, 0.25) is 0 Å². The van der Waals surface area contributed by atoms with Crippen molar-refractivity contribution in [2.75, 3.05) is 11.5 Å². The van der Waals surface area contributed by atoms with Crippen molar-refractivity contribution < 1.29 is 13.2 Å². The first kappa shape index (κ1) is 12.8. The van der Waals surface area contributed by atoms with Crippen LogP contribution in [0.4, 0.5) is 0 Å². The lowest BCUT2D eigenvalue weighted by molar-refractivity contribution is -0.127. The number of hydrogen-bond acceptors (Lipinski definition) is 4. The fourth-order valence-electron chi connectivity index (χ4n) is 2.60. The topological polar surface area (TPSA) is 89.3 Å². The third-order valence-electron chi connectivity index (χ3n) is 3.84. The monoisotopic (exact) mass is 260 g/mol. The van der Waals surface area contributed by atoms with E-state index in [1.54, 1.807) is 0 Å². The molecule has 0 aromatic rings. The summed E-state index contributed by atoms with van der Waals surface area (Å²) in [5.41, 5.74) is 5.33. The summed E-state index contributed by atoms with van der Waals surface area (Å²) in [7, 11) is -2.87. The number of nitrogens with one attached hydrogen (secondary N) is 1. The molecule has 1 aliphatic heterocycles. The molecule has 6 heteroatoms. The van der Waals surface area contributed by atoms with Gasteiger partial charge in [0.15, 0.2) is 0 Å². The van der Waals surface area contributed by atoms with Crippen LogP contribution >= 0.6 is 0 Å². The standard InChI is InChI=1S/C11H20N2O3S/c12-11(5-1-2-6-11)10(14)13-9-3-7-17(15,16)8-4-9/h9H,1-8,12H2,(H,13,14). The molecule has 3 N–H and O–H groups in total. The van der Waals surface area contributed by atoms with Crippen LogP contribution in [0.1, 0.15) is 38.5 Å². The Kier molecular flexibility index (Phi) is 3.45. The first-order chi connectivity index (χ1) is 7.91. The summed E-state index contributed by atoms with van der Waals surface area (Å²) in [5.74, 6) is 0.254. The maximum Gasteiger partial charge on any atom is 0.240 e. The number of sulfone groups is 1.